The van der Waals surface area contributed by atoms with Crippen molar-refractivity contribution in [2.24, 2.45) is 0 Å². The smallest absolute Gasteiger partial charge is 1.00 e. The van der Waals surface area contributed by atoms with Gasteiger partial charge in [0.2, 0.25) is 0 Å². The molecule has 33 heavy (non-hydrogen) atoms. The quantitative estimate of drug-likeness (QED) is 0.346. The molecule has 0 saturated carbocycles. The van der Waals surface area contributed by atoms with Crippen LogP contribution in [0.4, 0.5) is 0 Å². The molecule has 0 aromatic heterocycles. The fourth-order valence-corrected chi connectivity index (χ4v) is 3.36. The molecule has 0 saturated heterocycles. The first kappa shape index (κ1) is 31.3. The third kappa shape index (κ3) is 13.6. The van der Waals surface area contributed by atoms with Crippen LogP contribution in [0.5, 0.6) is 0 Å². The Morgan fingerprint density at radius 1 is 0.576 bits per heavy atom. The molecule has 2 aromatic carbocycles. The Labute approximate surface area is 231 Å². The molecule has 2 aliphatic carbocycles. The van der Waals surface area contributed by atoms with E-state index in [1.165, 1.54) is 35.1 Å². The summed E-state index contributed by atoms with van der Waals surface area (Å²) in [6.07, 6.45) is 30.1. The number of unbranched alkanes of at least 4 members (excludes halogenated alkanes) is 2. The average Bonchev–Trinajstić information content (AvgIpc) is 3.51. The summed E-state index contributed by atoms with van der Waals surface area (Å²) in [6, 6.07) is 21.3. The average molecular weight is 553 g/mol. The monoisotopic (exact) mass is 550 g/mol. The van der Waals surface area contributed by atoms with Crippen molar-refractivity contribution in [2.75, 3.05) is 0 Å². The number of allylic oxidation sites excluding steroid dienone is 12. The Kier molecular flexibility index (Phi) is 18.8. The van der Waals surface area contributed by atoms with Crippen molar-refractivity contribution in [1.82, 2.24) is 0 Å². The van der Waals surface area contributed by atoms with Crippen molar-refractivity contribution in [3.05, 3.63) is 144 Å². The van der Waals surface area contributed by atoms with Gasteiger partial charge in [-0.2, -0.15) is 59.8 Å². The van der Waals surface area contributed by atoms with Crippen LogP contribution < -0.4 is 24.8 Å². The van der Waals surface area contributed by atoms with E-state index in [1.807, 2.05) is 24.3 Å². The van der Waals surface area contributed by atoms with Crippen LogP contribution in [0.1, 0.15) is 36.8 Å². The molecule has 0 radical (unpaired) electrons. The molecule has 0 nitrogen and oxygen atoms in total. The van der Waals surface area contributed by atoms with Gasteiger partial charge in [-0.15, -0.1) is 12.2 Å². The zero-order valence-corrected chi connectivity index (χ0v) is 22.9. The van der Waals surface area contributed by atoms with Gasteiger partial charge >= 0.3 is 26.2 Å². The van der Waals surface area contributed by atoms with Crippen molar-refractivity contribution in [3.63, 3.8) is 0 Å². The fourth-order valence-electron chi connectivity index (χ4n) is 3.36. The SMILES string of the molecule is [C-]1=CC=CC1=CCCCc1ccccc1.[C-]1=CC=CC1=CCCCc1ccccc1.[Cl-].[Cl-].[Zr+4]. The van der Waals surface area contributed by atoms with Gasteiger partial charge in [-0.3, -0.25) is 0 Å². The number of benzene rings is 2. The molecule has 168 valence electrons. The minimum absolute atomic E-state index is 0. The number of rotatable bonds is 8. The third-order valence-corrected chi connectivity index (χ3v) is 5.00. The second-order valence-electron chi connectivity index (χ2n) is 7.41. The van der Waals surface area contributed by atoms with Crippen LogP contribution in [-0.2, 0) is 39.0 Å². The second kappa shape index (κ2) is 19.8. The summed E-state index contributed by atoms with van der Waals surface area (Å²) in [5, 5.41) is 0. The molecule has 2 aromatic rings. The Morgan fingerprint density at radius 2 is 0.970 bits per heavy atom. The van der Waals surface area contributed by atoms with E-state index in [9.17, 15) is 0 Å². The van der Waals surface area contributed by atoms with Gasteiger partial charge in [0.05, 0.1) is 0 Å². The Hall–Kier alpha value is -1.66. The predicted molar refractivity (Wildman–Crippen MR) is 129 cm³/mol. The van der Waals surface area contributed by atoms with E-state index >= 15 is 0 Å². The van der Waals surface area contributed by atoms with Crippen LogP contribution in [-0.4, -0.2) is 0 Å². The van der Waals surface area contributed by atoms with Crippen LogP contribution in [0.15, 0.2) is 120 Å². The van der Waals surface area contributed by atoms with Gasteiger partial charge in [0, 0.05) is 0 Å². The van der Waals surface area contributed by atoms with Gasteiger partial charge in [-0.25, -0.2) is 0 Å². The summed E-state index contributed by atoms with van der Waals surface area (Å²) in [7, 11) is 0. The Morgan fingerprint density at radius 3 is 1.30 bits per heavy atom. The van der Waals surface area contributed by atoms with Crippen molar-refractivity contribution in [3.8, 4) is 0 Å². The van der Waals surface area contributed by atoms with Gasteiger partial charge in [0.1, 0.15) is 0 Å². The molecule has 0 atom stereocenters. The number of hydrogen-bond donors (Lipinski definition) is 0. The normalized spacial score (nSPS) is 14.9. The van der Waals surface area contributed by atoms with E-state index in [-0.39, 0.29) is 51.0 Å². The van der Waals surface area contributed by atoms with E-state index in [2.05, 4.69) is 97.1 Å². The molecule has 0 heterocycles. The maximum Gasteiger partial charge on any atom is 4.00 e. The van der Waals surface area contributed by atoms with Crippen LogP contribution in [0.2, 0.25) is 0 Å². The Balaban J connectivity index is 0.000000569. The van der Waals surface area contributed by atoms with Gasteiger partial charge in [0.25, 0.3) is 0 Å². The van der Waals surface area contributed by atoms with Crippen LogP contribution in [0.25, 0.3) is 0 Å². The van der Waals surface area contributed by atoms with E-state index in [4.69, 9.17) is 0 Å². The van der Waals surface area contributed by atoms with Gasteiger partial charge in [-0.05, 0) is 24.0 Å². The zero-order chi connectivity index (χ0) is 20.7. The summed E-state index contributed by atoms with van der Waals surface area (Å²) in [5.74, 6) is 0. The topological polar surface area (TPSA) is 0 Å². The molecular weight excluding hydrogens is 522 g/mol. The first-order valence-electron chi connectivity index (χ1n) is 10.9. The summed E-state index contributed by atoms with van der Waals surface area (Å²) >= 11 is 0. The molecule has 4 rings (SSSR count). The third-order valence-electron chi connectivity index (χ3n) is 5.00. The molecular formula is C30H30Cl2Zr. The summed E-state index contributed by atoms with van der Waals surface area (Å²) in [6.45, 7) is 0. The number of halogens is 2. The molecule has 0 bridgehead atoms. The van der Waals surface area contributed by atoms with Gasteiger partial charge in [0.15, 0.2) is 0 Å². The van der Waals surface area contributed by atoms with Gasteiger partial charge < -0.3 is 24.8 Å². The minimum atomic E-state index is 0. The fraction of sp³-hybridized carbons (Fsp3) is 0.200. The second-order valence-corrected chi connectivity index (χ2v) is 7.41. The summed E-state index contributed by atoms with van der Waals surface area (Å²) in [4.78, 5) is 0. The first-order chi connectivity index (χ1) is 14.9. The van der Waals surface area contributed by atoms with Crippen molar-refractivity contribution in [1.29, 1.82) is 0 Å². The first-order valence-corrected chi connectivity index (χ1v) is 10.9. The summed E-state index contributed by atoms with van der Waals surface area (Å²) in [5.41, 5.74) is 5.31. The van der Waals surface area contributed by atoms with E-state index in [0.29, 0.717) is 0 Å². The molecule has 0 spiro atoms. The van der Waals surface area contributed by atoms with E-state index < -0.39 is 0 Å². The maximum absolute atomic E-state index is 3.18. The van der Waals surface area contributed by atoms with Crippen molar-refractivity contribution >= 4 is 0 Å². The predicted octanol–water partition coefficient (Wildman–Crippen LogP) is 1.74. The van der Waals surface area contributed by atoms with Crippen molar-refractivity contribution in [2.45, 2.75) is 38.5 Å². The molecule has 2 aliphatic rings. The number of hydrogen-bond acceptors (Lipinski definition) is 0. The molecule has 0 unspecified atom stereocenters. The van der Waals surface area contributed by atoms with Crippen LogP contribution in [0, 0.1) is 12.2 Å². The summed E-state index contributed by atoms with van der Waals surface area (Å²) < 4.78 is 0. The minimum Gasteiger partial charge on any atom is -1.00 e. The largest absolute Gasteiger partial charge is 4.00 e. The maximum atomic E-state index is 3.18. The van der Waals surface area contributed by atoms with Gasteiger partial charge in [-0.1, -0.05) is 86.3 Å². The van der Waals surface area contributed by atoms with Crippen LogP contribution in [0.3, 0.4) is 0 Å². The van der Waals surface area contributed by atoms with E-state index in [0.717, 1.165) is 25.7 Å². The molecule has 0 N–H and O–H groups in total. The molecule has 0 fully saturated rings. The van der Waals surface area contributed by atoms with Crippen molar-refractivity contribution < 1.29 is 51.0 Å². The molecule has 0 aliphatic heterocycles. The zero-order valence-electron chi connectivity index (χ0n) is 18.9. The van der Waals surface area contributed by atoms with E-state index in [1.54, 1.807) is 0 Å². The van der Waals surface area contributed by atoms with Crippen LogP contribution >= 0.6 is 0 Å². The molecule has 0 amide bonds. The molecule has 3 heteroatoms. The Bertz CT molecular complexity index is 828. The standard InChI is InChI=1S/2C15H15.2ClH.Zr/c2*1-2-8-14(9-3-1)10-4-5-11-15-12-6-7-13-15;;;/h2*1-3,6-9,11-12H,4-5,10H2;2*1H;/q2*-1;;;+4/p-2. The number of aryl methyl sites for hydroxylation is 2.